The summed E-state index contributed by atoms with van der Waals surface area (Å²) < 4.78 is 13.9. The number of carbonyl (C=O) groups is 1. The normalized spacial score (nSPS) is 29.7. The van der Waals surface area contributed by atoms with Crippen LogP contribution in [0.5, 0.6) is 0 Å². The predicted molar refractivity (Wildman–Crippen MR) is 66.1 cm³/mol. The number of rotatable bonds is 1. The van der Waals surface area contributed by atoms with Crippen LogP contribution in [0.15, 0.2) is 0 Å². The SMILES string of the molecule is C[C@@H]1N([S+]([O-])C(C)(C)C)CC12CN(C(=O)O)C2. The van der Waals surface area contributed by atoms with E-state index in [2.05, 4.69) is 0 Å². The summed E-state index contributed by atoms with van der Waals surface area (Å²) in [5.74, 6) is 0. The molecule has 1 amide bonds. The molecule has 2 fully saturated rings. The highest BCUT2D eigenvalue weighted by Gasteiger charge is 2.63. The Hall–Kier alpha value is -0.460. The van der Waals surface area contributed by atoms with Gasteiger partial charge in [0.25, 0.3) is 0 Å². The summed E-state index contributed by atoms with van der Waals surface area (Å²) in [6, 6.07) is 0.207. The third-order valence-electron chi connectivity index (χ3n) is 3.81. The van der Waals surface area contributed by atoms with E-state index in [4.69, 9.17) is 5.11 Å². The van der Waals surface area contributed by atoms with E-state index >= 15 is 0 Å². The molecule has 0 saturated carbocycles. The molecule has 0 aromatic carbocycles. The van der Waals surface area contributed by atoms with Gasteiger partial charge in [-0.1, -0.05) is 0 Å². The minimum absolute atomic E-state index is 0.0549. The van der Waals surface area contributed by atoms with Crippen molar-refractivity contribution in [1.29, 1.82) is 0 Å². The monoisotopic (exact) mass is 260 g/mol. The Bertz CT molecular complexity index is 336. The highest BCUT2D eigenvalue weighted by Crippen LogP contribution is 2.48. The maximum Gasteiger partial charge on any atom is 0.407 e. The number of likely N-dealkylation sites (tertiary alicyclic amines) is 1. The Balaban J connectivity index is 1.93. The lowest BCUT2D eigenvalue weighted by molar-refractivity contribution is -0.109. The smallest absolute Gasteiger partial charge is 0.407 e. The van der Waals surface area contributed by atoms with Crippen molar-refractivity contribution in [2.75, 3.05) is 19.6 Å². The van der Waals surface area contributed by atoms with Gasteiger partial charge in [0, 0.05) is 29.9 Å². The van der Waals surface area contributed by atoms with Gasteiger partial charge in [0.1, 0.15) is 4.75 Å². The summed E-state index contributed by atoms with van der Waals surface area (Å²) in [6.07, 6.45) is -0.849. The molecule has 98 valence electrons. The maximum atomic E-state index is 12.2. The van der Waals surface area contributed by atoms with Gasteiger partial charge in [0.2, 0.25) is 0 Å². The summed E-state index contributed by atoms with van der Waals surface area (Å²) in [5, 5.41) is 8.83. The van der Waals surface area contributed by atoms with E-state index in [0.29, 0.717) is 13.1 Å². The van der Waals surface area contributed by atoms with E-state index < -0.39 is 17.5 Å². The lowest BCUT2D eigenvalue weighted by Crippen LogP contribution is -2.78. The van der Waals surface area contributed by atoms with Crippen LogP contribution in [0.1, 0.15) is 27.7 Å². The molecular formula is C11H20N2O3S. The lowest BCUT2D eigenvalue weighted by atomic mass is 9.68. The average Bonchev–Trinajstić information content (AvgIpc) is 2.11. The van der Waals surface area contributed by atoms with Crippen LogP contribution in [-0.2, 0) is 11.4 Å². The van der Waals surface area contributed by atoms with Gasteiger partial charge in [-0.2, -0.15) is 0 Å². The highest BCUT2D eigenvalue weighted by atomic mass is 32.2. The van der Waals surface area contributed by atoms with Crippen molar-refractivity contribution in [3.8, 4) is 0 Å². The first-order valence-corrected chi connectivity index (χ1v) is 6.95. The third kappa shape index (κ3) is 1.92. The molecule has 1 unspecified atom stereocenters. The van der Waals surface area contributed by atoms with Crippen molar-refractivity contribution in [1.82, 2.24) is 9.21 Å². The van der Waals surface area contributed by atoms with E-state index in [1.165, 1.54) is 4.90 Å². The standard InChI is InChI=1S/C11H20N2O3S/c1-8-11(5-12(6-11)9(14)15)7-13(8)17(16)10(2,3)4/h8H,5-7H2,1-4H3,(H,14,15)/t8-,17?/m0/s1. The summed E-state index contributed by atoms with van der Waals surface area (Å²) in [6.45, 7) is 9.86. The van der Waals surface area contributed by atoms with Gasteiger partial charge in [-0.05, 0) is 27.7 Å². The van der Waals surface area contributed by atoms with Gasteiger partial charge in [-0.3, -0.25) is 0 Å². The molecule has 0 aliphatic carbocycles. The summed E-state index contributed by atoms with van der Waals surface area (Å²) >= 11 is -0.994. The van der Waals surface area contributed by atoms with E-state index in [0.717, 1.165) is 6.54 Å². The van der Waals surface area contributed by atoms with Gasteiger partial charge in [0.15, 0.2) is 0 Å². The van der Waals surface area contributed by atoms with E-state index in [1.54, 1.807) is 0 Å². The van der Waals surface area contributed by atoms with Gasteiger partial charge < -0.3 is 14.6 Å². The molecule has 2 heterocycles. The zero-order valence-electron chi connectivity index (χ0n) is 10.8. The summed E-state index contributed by atoms with van der Waals surface area (Å²) in [7, 11) is 0. The molecule has 1 N–H and O–H groups in total. The molecule has 0 bridgehead atoms. The summed E-state index contributed by atoms with van der Waals surface area (Å²) in [4.78, 5) is 12.2. The largest absolute Gasteiger partial charge is 0.597 e. The second-order valence-corrected chi connectivity index (χ2v) is 8.31. The van der Waals surface area contributed by atoms with Gasteiger partial charge >= 0.3 is 6.09 Å². The first-order valence-electron chi connectivity index (χ1n) is 5.84. The second-order valence-electron chi connectivity index (χ2n) is 6.11. The number of nitrogens with zero attached hydrogens (tertiary/aromatic N) is 2. The third-order valence-corrected chi connectivity index (χ3v) is 5.73. The first-order chi connectivity index (χ1) is 7.67. The van der Waals surface area contributed by atoms with Crippen molar-refractivity contribution < 1.29 is 14.5 Å². The minimum Gasteiger partial charge on any atom is -0.597 e. The molecule has 1 spiro atoms. The van der Waals surface area contributed by atoms with Crippen LogP contribution in [0.2, 0.25) is 0 Å². The fourth-order valence-electron chi connectivity index (χ4n) is 2.54. The van der Waals surface area contributed by atoms with Crippen molar-refractivity contribution >= 4 is 17.5 Å². The Morgan fingerprint density at radius 1 is 1.41 bits per heavy atom. The molecule has 2 rings (SSSR count). The Morgan fingerprint density at radius 2 is 1.94 bits per heavy atom. The quantitative estimate of drug-likeness (QED) is 0.718. The Kier molecular flexibility index (Phi) is 2.88. The average molecular weight is 260 g/mol. The van der Waals surface area contributed by atoms with E-state index in [1.807, 2.05) is 32.0 Å². The van der Waals surface area contributed by atoms with Crippen molar-refractivity contribution in [3.63, 3.8) is 0 Å². The van der Waals surface area contributed by atoms with Gasteiger partial charge in [-0.25, -0.2) is 4.79 Å². The molecule has 0 aromatic rings. The molecule has 2 aliphatic heterocycles. The van der Waals surface area contributed by atoms with Crippen molar-refractivity contribution in [2.24, 2.45) is 5.41 Å². The Morgan fingerprint density at radius 3 is 2.29 bits per heavy atom. The van der Waals surface area contributed by atoms with Crippen LogP contribution in [0, 0.1) is 5.41 Å². The fraction of sp³-hybridized carbons (Fsp3) is 0.909. The fourth-order valence-corrected chi connectivity index (χ4v) is 4.13. The number of hydrogen-bond acceptors (Lipinski definition) is 3. The first kappa shape index (κ1) is 13.0. The molecule has 0 aromatic heterocycles. The number of carboxylic acid groups (broad SMARTS) is 1. The zero-order chi connectivity index (χ0) is 13.0. The van der Waals surface area contributed by atoms with Gasteiger partial charge in [-0.15, -0.1) is 4.31 Å². The molecule has 6 heteroatoms. The van der Waals surface area contributed by atoms with Crippen LogP contribution in [-0.4, -0.2) is 55.4 Å². The van der Waals surface area contributed by atoms with Crippen LogP contribution in [0.3, 0.4) is 0 Å². The Labute approximate surface area is 105 Å². The molecule has 2 atom stereocenters. The van der Waals surface area contributed by atoms with Crippen LogP contribution >= 0.6 is 0 Å². The lowest BCUT2D eigenvalue weighted by Gasteiger charge is -2.62. The zero-order valence-corrected chi connectivity index (χ0v) is 11.6. The van der Waals surface area contributed by atoms with E-state index in [9.17, 15) is 9.35 Å². The molecule has 0 radical (unpaired) electrons. The molecular weight excluding hydrogens is 240 g/mol. The highest BCUT2D eigenvalue weighted by molar-refractivity contribution is 7.90. The summed E-state index contributed by atoms with van der Waals surface area (Å²) in [5.41, 5.74) is 0.0549. The molecule has 17 heavy (non-hydrogen) atoms. The molecule has 5 nitrogen and oxygen atoms in total. The van der Waals surface area contributed by atoms with Crippen molar-refractivity contribution in [3.05, 3.63) is 0 Å². The molecule has 2 aliphatic rings. The maximum absolute atomic E-state index is 12.2. The van der Waals surface area contributed by atoms with E-state index in [-0.39, 0.29) is 16.2 Å². The molecule has 2 saturated heterocycles. The number of amides is 1. The topological polar surface area (TPSA) is 66.8 Å². The van der Waals surface area contributed by atoms with Crippen LogP contribution < -0.4 is 0 Å². The van der Waals surface area contributed by atoms with Gasteiger partial charge in [0.05, 0.1) is 12.6 Å². The van der Waals surface area contributed by atoms with Crippen LogP contribution in [0.25, 0.3) is 0 Å². The minimum atomic E-state index is -0.994. The predicted octanol–water partition coefficient (Wildman–Crippen LogP) is 1.13. The van der Waals surface area contributed by atoms with Crippen LogP contribution in [0.4, 0.5) is 4.79 Å². The second kappa shape index (κ2) is 3.76. The van der Waals surface area contributed by atoms with Crippen molar-refractivity contribution in [2.45, 2.75) is 38.5 Å². The number of hydrogen-bond donors (Lipinski definition) is 1.